The van der Waals surface area contributed by atoms with Crippen LogP contribution in [0.3, 0.4) is 0 Å². The minimum Gasteiger partial charge on any atom is -0.352 e. The van der Waals surface area contributed by atoms with E-state index in [0.717, 1.165) is 19.6 Å². The van der Waals surface area contributed by atoms with Crippen molar-refractivity contribution in [2.24, 2.45) is 11.8 Å². The van der Waals surface area contributed by atoms with Gasteiger partial charge >= 0.3 is 0 Å². The van der Waals surface area contributed by atoms with Crippen molar-refractivity contribution in [2.75, 3.05) is 13.2 Å². The van der Waals surface area contributed by atoms with Crippen molar-refractivity contribution in [1.29, 1.82) is 0 Å². The molecule has 21 heavy (non-hydrogen) atoms. The predicted octanol–water partition coefficient (Wildman–Crippen LogP) is 5.02. The number of ether oxygens (including phenoxy) is 2. The SMILES string of the molecule is C=CC(CC(OCC(C)C)OCC(C)C)c1ccccc1. The summed E-state index contributed by atoms with van der Waals surface area (Å²) in [5.41, 5.74) is 1.26. The first-order chi connectivity index (χ1) is 10.0. The second-order valence-corrected chi connectivity index (χ2v) is 6.37. The van der Waals surface area contributed by atoms with Gasteiger partial charge in [-0.2, -0.15) is 0 Å². The molecule has 1 aromatic carbocycles. The van der Waals surface area contributed by atoms with Gasteiger partial charge in [-0.25, -0.2) is 0 Å². The van der Waals surface area contributed by atoms with E-state index in [1.807, 2.05) is 12.1 Å². The molecule has 1 aromatic rings. The highest BCUT2D eigenvalue weighted by molar-refractivity contribution is 5.23. The quantitative estimate of drug-likeness (QED) is 0.445. The Morgan fingerprint density at radius 1 is 0.952 bits per heavy atom. The number of allylic oxidation sites excluding steroid dienone is 1. The maximum atomic E-state index is 5.94. The zero-order valence-corrected chi connectivity index (χ0v) is 13.9. The number of hydrogen-bond donors (Lipinski definition) is 0. The summed E-state index contributed by atoms with van der Waals surface area (Å²) in [5.74, 6) is 1.28. The van der Waals surface area contributed by atoms with Crippen molar-refractivity contribution < 1.29 is 9.47 Å². The van der Waals surface area contributed by atoms with Gasteiger partial charge in [-0.3, -0.25) is 0 Å². The Hall–Kier alpha value is -1.12. The van der Waals surface area contributed by atoms with Crippen LogP contribution in [0.15, 0.2) is 43.0 Å². The minimum atomic E-state index is -0.169. The summed E-state index contributed by atoms with van der Waals surface area (Å²) in [6.07, 6.45) is 2.63. The topological polar surface area (TPSA) is 18.5 Å². The molecule has 0 saturated carbocycles. The van der Waals surface area contributed by atoms with E-state index >= 15 is 0 Å². The molecular weight excluding hydrogens is 260 g/mol. The third-order valence-corrected chi connectivity index (χ3v) is 3.19. The highest BCUT2D eigenvalue weighted by atomic mass is 16.7. The molecule has 0 saturated heterocycles. The van der Waals surface area contributed by atoms with Gasteiger partial charge in [0, 0.05) is 12.3 Å². The van der Waals surface area contributed by atoms with Crippen LogP contribution in [0, 0.1) is 11.8 Å². The van der Waals surface area contributed by atoms with Gasteiger partial charge in [0.05, 0.1) is 13.2 Å². The third-order valence-electron chi connectivity index (χ3n) is 3.19. The van der Waals surface area contributed by atoms with Crippen molar-refractivity contribution in [3.05, 3.63) is 48.6 Å². The lowest BCUT2D eigenvalue weighted by molar-refractivity contribution is -0.158. The third kappa shape index (κ3) is 7.45. The molecule has 1 unspecified atom stereocenters. The van der Waals surface area contributed by atoms with Gasteiger partial charge < -0.3 is 9.47 Å². The lowest BCUT2D eigenvalue weighted by Gasteiger charge is -2.24. The molecule has 0 N–H and O–H groups in total. The lowest BCUT2D eigenvalue weighted by atomic mass is 9.95. The lowest BCUT2D eigenvalue weighted by Crippen LogP contribution is -2.24. The van der Waals surface area contributed by atoms with Crippen LogP contribution in [0.2, 0.25) is 0 Å². The van der Waals surface area contributed by atoms with Crippen LogP contribution < -0.4 is 0 Å². The molecule has 0 aromatic heterocycles. The number of benzene rings is 1. The molecule has 2 nitrogen and oxygen atoms in total. The first-order valence-corrected chi connectivity index (χ1v) is 7.93. The first kappa shape index (κ1) is 17.9. The molecule has 1 rings (SSSR count). The molecule has 0 fully saturated rings. The molecule has 0 aliphatic rings. The first-order valence-electron chi connectivity index (χ1n) is 7.93. The Morgan fingerprint density at radius 2 is 1.48 bits per heavy atom. The van der Waals surface area contributed by atoms with E-state index in [1.54, 1.807) is 0 Å². The second kappa shape index (κ2) is 9.75. The van der Waals surface area contributed by atoms with E-state index in [4.69, 9.17) is 9.47 Å². The maximum Gasteiger partial charge on any atom is 0.158 e. The summed E-state index contributed by atoms with van der Waals surface area (Å²) in [5, 5.41) is 0. The molecule has 0 heterocycles. The molecule has 2 heteroatoms. The minimum absolute atomic E-state index is 0.169. The highest BCUT2D eigenvalue weighted by Gasteiger charge is 2.18. The zero-order valence-electron chi connectivity index (χ0n) is 13.9. The molecule has 0 radical (unpaired) electrons. The smallest absolute Gasteiger partial charge is 0.158 e. The fourth-order valence-electron chi connectivity index (χ4n) is 2.06. The van der Waals surface area contributed by atoms with Gasteiger partial charge in [0.15, 0.2) is 6.29 Å². The van der Waals surface area contributed by atoms with Crippen LogP contribution in [0.25, 0.3) is 0 Å². The van der Waals surface area contributed by atoms with Crippen LogP contribution in [0.1, 0.15) is 45.6 Å². The van der Waals surface area contributed by atoms with E-state index in [2.05, 4.69) is 58.5 Å². The van der Waals surface area contributed by atoms with Crippen LogP contribution in [0.4, 0.5) is 0 Å². The highest BCUT2D eigenvalue weighted by Crippen LogP contribution is 2.24. The van der Waals surface area contributed by atoms with Crippen LogP contribution in [0.5, 0.6) is 0 Å². The van der Waals surface area contributed by atoms with Crippen molar-refractivity contribution in [3.63, 3.8) is 0 Å². The van der Waals surface area contributed by atoms with E-state index in [9.17, 15) is 0 Å². The van der Waals surface area contributed by atoms with Gasteiger partial charge in [0.1, 0.15) is 0 Å². The molecule has 0 aliphatic carbocycles. The Kier molecular flexibility index (Phi) is 8.33. The summed E-state index contributed by atoms with van der Waals surface area (Å²) in [4.78, 5) is 0. The van der Waals surface area contributed by atoms with Gasteiger partial charge in [-0.15, -0.1) is 6.58 Å². The summed E-state index contributed by atoms with van der Waals surface area (Å²) in [6, 6.07) is 10.4. The average Bonchev–Trinajstić information content (AvgIpc) is 2.47. The summed E-state index contributed by atoms with van der Waals surface area (Å²) in [6.45, 7) is 14.0. The summed E-state index contributed by atoms with van der Waals surface area (Å²) >= 11 is 0. The largest absolute Gasteiger partial charge is 0.352 e. The van der Waals surface area contributed by atoms with E-state index < -0.39 is 0 Å². The second-order valence-electron chi connectivity index (χ2n) is 6.37. The molecule has 1 atom stereocenters. The Balaban J connectivity index is 2.65. The summed E-state index contributed by atoms with van der Waals surface area (Å²) in [7, 11) is 0. The van der Waals surface area contributed by atoms with E-state index in [1.165, 1.54) is 5.56 Å². The average molecular weight is 290 g/mol. The molecule has 0 aliphatic heterocycles. The molecular formula is C19H30O2. The monoisotopic (exact) mass is 290 g/mol. The van der Waals surface area contributed by atoms with Crippen molar-refractivity contribution in [2.45, 2.75) is 46.3 Å². The fourth-order valence-corrected chi connectivity index (χ4v) is 2.06. The van der Waals surface area contributed by atoms with Gasteiger partial charge in [0.25, 0.3) is 0 Å². The Morgan fingerprint density at radius 3 is 1.90 bits per heavy atom. The standard InChI is InChI=1S/C19H30O2/c1-6-17(18-10-8-7-9-11-18)12-19(20-13-15(2)3)21-14-16(4)5/h6-11,15-17,19H,1,12-14H2,2-5H3. The maximum absolute atomic E-state index is 5.94. The zero-order chi connectivity index (χ0) is 15.7. The Labute approximate surface area is 130 Å². The molecule has 0 bridgehead atoms. The van der Waals surface area contributed by atoms with E-state index in [0.29, 0.717) is 11.8 Å². The molecule has 0 amide bonds. The van der Waals surface area contributed by atoms with Crippen LogP contribution in [-0.2, 0) is 9.47 Å². The number of hydrogen-bond acceptors (Lipinski definition) is 2. The van der Waals surface area contributed by atoms with Gasteiger partial charge in [-0.1, -0.05) is 64.1 Å². The molecule has 0 spiro atoms. The van der Waals surface area contributed by atoms with Gasteiger partial charge in [0.2, 0.25) is 0 Å². The van der Waals surface area contributed by atoms with Crippen LogP contribution >= 0.6 is 0 Å². The van der Waals surface area contributed by atoms with E-state index in [-0.39, 0.29) is 12.2 Å². The number of rotatable bonds is 10. The fraction of sp³-hybridized carbons (Fsp3) is 0.579. The van der Waals surface area contributed by atoms with Gasteiger partial charge in [-0.05, 0) is 17.4 Å². The Bertz CT molecular complexity index is 372. The molecule has 118 valence electrons. The van der Waals surface area contributed by atoms with Crippen LogP contribution in [-0.4, -0.2) is 19.5 Å². The normalized spacial score (nSPS) is 13.1. The van der Waals surface area contributed by atoms with Crippen molar-refractivity contribution in [1.82, 2.24) is 0 Å². The summed E-state index contributed by atoms with van der Waals surface area (Å²) < 4.78 is 11.9. The van der Waals surface area contributed by atoms with Crippen molar-refractivity contribution in [3.8, 4) is 0 Å². The van der Waals surface area contributed by atoms with Crippen molar-refractivity contribution >= 4 is 0 Å². The predicted molar refractivity (Wildman–Crippen MR) is 89.4 cm³/mol.